The number of oxime groups is 1. The molecule has 1 aliphatic heterocycles. The summed E-state index contributed by atoms with van der Waals surface area (Å²) in [7, 11) is 1.74. The van der Waals surface area contributed by atoms with E-state index >= 15 is 0 Å². The molecular formula is C18H28N2O2. The van der Waals surface area contributed by atoms with Gasteiger partial charge in [0.05, 0.1) is 12.3 Å². The van der Waals surface area contributed by atoms with Crippen LogP contribution in [0.4, 0.5) is 5.69 Å². The minimum Gasteiger partial charge on any atom is -0.411 e. The number of anilines is 1. The van der Waals surface area contributed by atoms with Crippen molar-refractivity contribution in [3.63, 3.8) is 0 Å². The fraction of sp³-hybridized carbons (Fsp3) is 0.611. The first-order valence-electron chi connectivity index (χ1n) is 8.05. The molecule has 4 nitrogen and oxygen atoms in total. The molecular weight excluding hydrogens is 276 g/mol. The first kappa shape index (κ1) is 16.8. The third kappa shape index (κ3) is 3.12. The molecule has 0 aliphatic carbocycles. The van der Waals surface area contributed by atoms with Gasteiger partial charge in [0.1, 0.15) is 0 Å². The minimum atomic E-state index is 0.172. The molecule has 0 atom stereocenters. The number of ether oxygens (including phenoxy) is 1. The Balaban J connectivity index is 2.56. The summed E-state index contributed by atoms with van der Waals surface area (Å²) in [5.41, 5.74) is 5.78. The zero-order chi connectivity index (χ0) is 16.3. The second-order valence-corrected chi connectivity index (χ2v) is 6.68. The summed E-state index contributed by atoms with van der Waals surface area (Å²) >= 11 is 0. The van der Waals surface area contributed by atoms with Crippen LogP contribution in [0.1, 0.15) is 50.8 Å². The monoisotopic (exact) mass is 304 g/mol. The highest BCUT2D eigenvalue weighted by Crippen LogP contribution is 2.41. The lowest BCUT2D eigenvalue weighted by molar-refractivity contribution is 0.204. The second kappa shape index (κ2) is 6.69. The minimum absolute atomic E-state index is 0.172. The van der Waals surface area contributed by atoms with Crippen molar-refractivity contribution in [1.82, 2.24) is 0 Å². The van der Waals surface area contributed by atoms with Crippen molar-refractivity contribution in [2.45, 2.75) is 46.0 Å². The Morgan fingerprint density at radius 2 is 2.14 bits per heavy atom. The number of nitrogens with zero attached hydrogens (tertiary/aromatic N) is 2. The van der Waals surface area contributed by atoms with E-state index in [1.54, 1.807) is 7.11 Å². The molecule has 0 bridgehead atoms. The molecule has 4 heteroatoms. The van der Waals surface area contributed by atoms with Gasteiger partial charge in [-0.05, 0) is 42.4 Å². The highest BCUT2D eigenvalue weighted by molar-refractivity contribution is 6.00. The predicted octanol–water partition coefficient (Wildman–Crippen LogP) is 3.58. The van der Waals surface area contributed by atoms with Crippen LogP contribution < -0.4 is 4.90 Å². The molecule has 1 aliphatic rings. The number of aryl methyl sites for hydroxylation is 1. The van der Waals surface area contributed by atoms with E-state index in [9.17, 15) is 5.21 Å². The summed E-state index contributed by atoms with van der Waals surface area (Å²) in [4.78, 5) is 2.39. The normalized spacial score (nSPS) is 17.5. The number of hydrogen-bond acceptors (Lipinski definition) is 4. The maximum Gasteiger partial charge on any atom is 0.0840 e. The zero-order valence-electron chi connectivity index (χ0n) is 14.4. The van der Waals surface area contributed by atoms with Gasteiger partial charge >= 0.3 is 0 Å². The van der Waals surface area contributed by atoms with Crippen LogP contribution in [0.2, 0.25) is 0 Å². The molecule has 0 aromatic heterocycles. The Morgan fingerprint density at radius 3 is 2.73 bits per heavy atom. The largest absolute Gasteiger partial charge is 0.411 e. The van der Waals surface area contributed by atoms with Crippen molar-refractivity contribution in [2.24, 2.45) is 5.16 Å². The summed E-state index contributed by atoms with van der Waals surface area (Å²) in [6, 6.07) is 4.50. The Kier molecular flexibility index (Phi) is 5.12. The van der Waals surface area contributed by atoms with E-state index in [1.807, 2.05) is 6.92 Å². The van der Waals surface area contributed by atoms with Gasteiger partial charge in [-0.2, -0.15) is 0 Å². The fourth-order valence-corrected chi connectivity index (χ4v) is 3.22. The van der Waals surface area contributed by atoms with Gasteiger partial charge in [0.25, 0.3) is 0 Å². The molecule has 1 aromatic rings. The number of methoxy groups -OCH3 is 1. The van der Waals surface area contributed by atoms with Crippen LogP contribution in [-0.4, -0.2) is 37.7 Å². The van der Waals surface area contributed by atoms with Gasteiger partial charge in [0, 0.05) is 31.5 Å². The summed E-state index contributed by atoms with van der Waals surface area (Å²) in [5.74, 6) is 0. The predicted molar refractivity (Wildman–Crippen MR) is 91.5 cm³/mol. The first-order chi connectivity index (χ1) is 10.4. The van der Waals surface area contributed by atoms with E-state index in [1.165, 1.54) is 16.8 Å². The van der Waals surface area contributed by atoms with Gasteiger partial charge < -0.3 is 14.8 Å². The van der Waals surface area contributed by atoms with E-state index in [0.717, 1.165) is 38.1 Å². The third-order valence-corrected chi connectivity index (χ3v) is 4.78. The molecule has 1 aromatic carbocycles. The van der Waals surface area contributed by atoms with Gasteiger partial charge in [-0.25, -0.2) is 0 Å². The van der Waals surface area contributed by atoms with Gasteiger partial charge in [-0.1, -0.05) is 32.0 Å². The number of hydrogen-bond donors (Lipinski definition) is 1. The standard InChI is InChI=1S/C18H28N2O2/c1-6-14-11-16-17(12-15(14)13(2)19-21)20(9-10-22-5)8-7-18(16,3)4/h11-12,21H,6-10H2,1-5H3/b19-13+. The SMILES string of the molecule is CCc1cc2c(cc1/C(C)=N/O)N(CCOC)CCC2(C)C. The molecule has 1 N–H and O–H groups in total. The van der Waals surface area contributed by atoms with Crippen molar-refractivity contribution in [3.8, 4) is 0 Å². The molecule has 0 radical (unpaired) electrons. The molecule has 0 saturated heterocycles. The fourth-order valence-electron chi connectivity index (χ4n) is 3.22. The molecule has 1 heterocycles. The van der Waals surface area contributed by atoms with Crippen molar-refractivity contribution >= 4 is 11.4 Å². The zero-order valence-corrected chi connectivity index (χ0v) is 14.4. The Labute approximate surface area is 133 Å². The summed E-state index contributed by atoms with van der Waals surface area (Å²) < 4.78 is 5.25. The van der Waals surface area contributed by atoms with Crippen molar-refractivity contribution in [2.75, 3.05) is 31.7 Å². The van der Waals surface area contributed by atoms with E-state index in [-0.39, 0.29) is 5.41 Å². The molecule has 122 valence electrons. The first-order valence-corrected chi connectivity index (χ1v) is 8.05. The second-order valence-electron chi connectivity index (χ2n) is 6.68. The highest BCUT2D eigenvalue weighted by atomic mass is 16.5. The molecule has 0 saturated carbocycles. The maximum absolute atomic E-state index is 9.18. The lowest BCUT2D eigenvalue weighted by atomic mass is 9.76. The van der Waals surface area contributed by atoms with Crippen LogP contribution in [-0.2, 0) is 16.6 Å². The quantitative estimate of drug-likeness (QED) is 0.514. The summed E-state index contributed by atoms with van der Waals surface area (Å²) in [6.45, 7) is 11.3. The maximum atomic E-state index is 9.18. The van der Waals surface area contributed by atoms with Crippen molar-refractivity contribution in [3.05, 3.63) is 28.8 Å². The van der Waals surface area contributed by atoms with Crippen molar-refractivity contribution in [1.29, 1.82) is 0 Å². The highest BCUT2D eigenvalue weighted by Gasteiger charge is 2.32. The number of rotatable bonds is 5. The third-order valence-electron chi connectivity index (χ3n) is 4.78. The Bertz CT molecular complexity index is 564. The van der Waals surface area contributed by atoms with Crippen LogP contribution in [0, 0.1) is 0 Å². The Hall–Kier alpha value is -1.55. The molecule has 0 amide bonds. The van der Waals surface area contributed by atoms with Crippen LogP contribution in [0.3, 0.4) is 0 Å². The summed E-state index contributed by atoms with van der Waals surface area (Å²) in [6.07, 6.45) is 2.07. The average Bonchev–Trinajstić information content (AvgIpc) is 2.52. The van der Waals surface area contributed by atoms with Crippen LogP contribution in [0.25, 0.3) is 0 Å². The average molecular weight is 304 g/mol. The molecule has 0 spiro atoms. The lowest BCUT2D eigenvalue weighted by Gasteiger charge is -2.41. The van der Waals surface area contributed by atoms with E-state index < -0.39 is 0 Å². The molecule has 0 fully saturated rings. The van der Waals surface area contributed by atoms with Gasteiger partial charge in [0.15, 0.2) is 0 Å². The van der Waals surface area contributed by atoms with E-state index in [0.29, 0.717) is 5.71 Å². The molecule has 2 rings (SSSR count). The lowest BCUT2D eigenvalue weighted by Crippen LogP contribution is -2.39. The molecule has 22 heavy (non-hydrogen) atoms. The van der Waals surface area contributed by atoms with Gasteiger partial charge in [0.2, 0.25) is 0 Å². The van der Waals surface area contributed by atoms with Crippen LogP contribution >= 0.6 is 0 Å². The molecule has 0 unspecified atom stereocenters. The summed E-state index contributed by atoms with van der Waals surface area (Å²) in [5, 5.41) is 12.6. The van der Waals surface area contributed by atoms with Gasteiger partial charge in [-0.3, -0.25) is 0 Å². The van der Waals surface area contributed by atoms with Crippen LogP contribution in [0.5, 0.6) is 0 Å². The van der Waals surface area contributed by atoms with Crippen LogP contribution in [0.15, 0.2) is 17.3 Å². The van der Waals surface area contributed by atoms with Gasteiger partial charge in [-0.15, -0.1) is 0 Å². The van der Waals surface area contributed by atoms with E-state index in [4.69, 9.17) is 4.74 Å². The topological polar surface area (TPSA) is 45.1 Å². The number of benzene rings is 1. The Morgan fingerprint density at radius 1 is 1.41 bits per heavy atom. The van der Waals surface area contributed by atoms with Crippen molar-refractivity contribution < 1.29 is 9.94 Å². The van der Waals surface area contributed by atoms with E-state index in [2.05, 4.69) is 43.0 Å². The smallest absolute Gasteiger partial charge is 0.0840 e. The number of fused-ring (bicyclic) bond motifs is 1.